The normalized spacial score (nSPS) is 34.6. The summed E-state index contributed by atoms with van der Waals surface area (Å²) in [6, 6.07) is 14.2. The molecule has 2 fully saturated rings. The first-order chi connectivity index (χ1) is 10.6. The van der Waals surface area contributed by atoms with Crippen LogP contribution in [-0.2, 0) is 21.1 Å². The van der Waals surface area contributed by atoms with E-state index in [0.29, 0.717) is 10.8 Å². The van der Waals surface area contributed by atoms with Gasteiger partial charge >= 0.3 is 0 Å². The van der Waals surface area contributed by atoms with E-state index in [1.165, 1.54) is 12.8 Å². The molecule has 4 atom stereocenters. The van der Waals surface area contributed by atoms with E-state index in [0.717, 1.165) is 23.1 Å². The van der Waals surface area contributed by atoms with Gasteiger partial charge in [0.05, 0.1) is 0 Å². The van der Waals surface area contributed by atoms with Crippen molar-refractivity contribution >= 4 is 0 Å². The van der Waals surface area contributed by atoms with Crippen LogP contribution in [0.3, 0.4) is 0 Å². The molecule has 3 aliphatic carbocycles. The summed E-state index contributed by atoms with van der Waals surface area (Å²) in [6.07, 6.45) is 4.62. The molecule has 3 aliphatic rings. The Morgan fingerprint density at radius 3 is 2.39 bits per heavy atom. The second-order valence-electron chi connectivity index (χ2n) is 7.33. The van der Waals surface area contributed by atoms with Crippen LogP contribution < -0.4 is 0 Å². The van der Waals surface area contributed by atoms with Crippen molar-refractivity contribution in [2.45, 2.75) is 52.4 Å². The summed E-state index contributed by atoms with van der Waals surface area (Å²) in [5.41, 5.74) is 6.50. The molecule has 0 saturated heterocycles. The zero-order valence-electron chi connectivity index (χ0n) is 14.3. The molecular formula is C21H24NPt-. The van der Waals surface area contributed by atoms with Gasteiger partial charge in [0, 0.05) is 27.3 Å². The number of pyridine rings is 1. The molecule has 2 aromatic rings. The van der Waals surface area contributed by atoms with E-state index in [-0.39, 0.29) is 21.1 Å². The van der Waals surface area contributed by atoms with E-state index in [4.69, 9.17) is 0 Å². The Hall–Kier alpha value is -0.942. The molecule has 4 unspecified atom stereocenters. The van der Waals surface area contributed by atoms with Gasteiger partial charge in [-0.3, -0.25) is 0 Å². The molecule has 2 saturated carbocycles. The molecule has 23 heavy (non-hydrogen) atoms. The van der Waals surface area contributed by atoms with Crippen LogP contribution in [0.2, 0.25) is 0 Å². The molecule has 0 amide bonds. The zero-order chi connectivity index (χ0) is 15.5. The molecule has 0 N–H and O–H groups in total. The third-order valence-electron chi connectivity index (χ3n) is 6.77. The predicted molar refractivity (Wildman–Crippen MR) is 90.8 cm³/mol. The van der Waals surface area contributed by atoms with Crippen molar-refractivity contribution in [3.8, 4) is 11.3 Å². The van der Waals surface area contributed by atoms with Gasteiger partial charge in [0.2, 0.25) is 0 Å². The number of aromatic nitrogens is 1. The fraction of sp³-hybridized carbons (Fsp3) is 0.476. The first-order valence-electron chi connectivity index (χ1n) is 8.60. The van der Waals surface area contributed by atoms with Crippen LogP contribution in [0.15, 0.2) is 36.5 Å². The van der Waals surface area contributed by atoms with Crippen LogP contribution in [-0.4, -0.2) is 4.98 Å². The fourth-order valence-corrected chi connectivity index (χ4v) is 5.33. The predicted octanol–water partition coefficient (Wildman–Crippen LogP) is 5.57. The van der Waals surface area contributed by atoms with Gasteiger partial charge in [0.15, 0.2) is 0 Å². The van der Waals surface area contributed by atoms with Crippen LogP contribution in [0.25, 0.3) is 11.3 Å². The minimum atomic E-state index is 0. The van der Waals surface area contributed by atoms with E-state index in [9.17, 15) is 0 Å². The molecule has 0 spiro atoms. The van der Waals surface area contributed by atoms with Crippen molar-refractivity contribution in [3.63, 3.8) is 0 Å². The number of hydrogen-bond donors (Lipinski definition) is 0. The molecule has 0 bridgehead atoms. The summed E-state index contributed by atoms with van der Waals surface area (Å²) < 4.78 is 0. The van der Waals surface area contributed by atoms with Crippen LogP contribution >= 0.6 is 0 Å². The minimum absolute atomic E-state index is 0. The molecule has 0 radical (unpaired) electrons. The quantitative estimate of drug-likeness (QED) is 0.481. The molecule has 124 valence electrons. The van der Waals surface area contributed by atoms with Gasteiger partial charge in [-0.05, 0) is 47.3 Å². The maximum atomic E-state index is 4.47. The molecule has 1 heterocycles. The summed E-state index contributed by atoms with van der Waals surface area (Å²) in [7, 11) is 0. The van der Waals surface area contributed by atoms with Gasteiger partial charge in [-0.1, -0.05) is 39.8 Å². The average molecular weight is 486 g/mol. The van der Waals surface area contributed by atoms with Crippen LogP contribution in [0.1, 0.15) is 63.5 Å². The zero-order valence-corrected chi connectivity index (χ0v) is 16.6. The van der Waals surface area contributed by atoms with Gasteiger partial charge < -0.3 is 4.98 Å². The van der Waals surface area contributed by atoms with Gasteiger partial charge in [0.1, 0.15) is 0 Å². The first-order valence-corrected chi connectivity index (χ1v) is 8.60. The Kier molecular flexibility index (Phi) is 4.08. The van der Waals surface area contributed by atoms with Gasteiger partial charge in [-0.2, -0.15) is 0 Å². The Bertz CT molecular complexity index is 726. The Morgan fingerprint density at radius 1 is 1.09 bits per heavy atom. The van der Waals surface area contributed by atoms with Crippen molar-refractivity contribution in [3.05, 3.63) is 53.7 Å². The van der Waals surface area contributed by atoms with Crippen molar-refractivity contribution in [1.82, 2.24) is 4.98 Å². The Balaban J connectivity index is 0.000000503. The van der Waals surface area contributed by atoms with Crippen molar-refractivity contribution in [2.75, 3.05) is 0 Å². The largest absolute Gasteiger partial charge is 0.305 e. The number of hydrogen-bond acceptors (Lipinski definition) is 1. The van der Waals surface area contributed by atoms with Crippen LogP contribution in [0.4, 0.5) is 0 Å². The monoisotopic (exact) mass is 485 g/mol. The Morgan fingerprint density at radius 2 is 1.78 bits per heavy atom. The SMILES string of the molecule is CC.CC12CC3c4c[c-]c(-c5ccccn5)cc4C(C1)C32C.[Pt]. The maximum Gasteiger partial charge on any atom is 0.0160 e. The molecule has 1 nitrogen and oxygen atoms in total. The Labute approximate surface area is 154 Å². The number of fused-ring (bicyclic) bond motifs is 3. The number of nitrogens with zero attached hydrogens (tertiary/aromatic N) is 1. The van der Waals surface area contributed by atoms with Gasteiger partial charge in [-0.25, -0.2) is 0 Å². The third-order valence-corrected chi connectivity index (χ3v) is 6.77. The second kappa shape index (κ2) is 5.55. The molecule has 5 rings (SSSR count). The van der Waals surface area contributed by atoms with Gasteiger partial charge in [0.25, 0.3) is 0 Å². The van der Waals surface area contributed by atoms with Crippen LogP contribution in [0, 0.1) is 16.9 Å². The van der Waals surface area contributed by atoms with E-state index < -0.39 is 0 Å². The molecular weight excluding hydrogens is 461 g/mol. The summed E-state index contributed by atoms with van der Waals surface area (Å²) >= 11 is 0. The molecule has 1 aromatic carbocycles. The average Bonchev–Trinajstić information content (AvgIpc) is 2.69. The molecule has 2 heteroatoms. The summed E-state index contributed by atoms with van der Waals surface area (Å²) in [6.45, 7) is 8.99. The summed E-state index contributed by atoms with van der Waals surface area (Å²) in [4.78, 5) is 4.47. The van der Waals surface area contributed by atoms with E-state index in [2.05, 4.69) is 49.2 Å². The smallest absolute Gasteiger partial charge is 0.0160 e. The van der Waals surface area contributed by atoms with Crippen molar-refractivity contribution in [1.29, 1.82) is 0 Å². The summed E-state index contributed by atoms with van der Waals surface area (Å²) in [5.74, 6) is 1.56. The summed E-state index contributed by atoms with van der Waals surface area (Å²) in [5, 5.41) is 0. The number of benzene rings is 1. The van der Waals surface area contributed by atoms with Crippen molar-refractivity contribution in [2.24, 2.45) is 10.8 Å². The molecule has 1 aromatic heterocycles. The van der Waals surface area contributed by atoms with E-state index in [1.807, 2.05) is 26.1 Å². The first kappa shape index (κ1) is 16.9. The third kappa shape index (κ3) is 1.92. The van der Waals surface area contributed by atoms with Gasteiger partial charge in [-0.15, -0.1) is 34.9 Å². The maximum absolute atomic E-state index is 4.47. The fourth-order valence-electron chi connectivity index (χ4n) is 5.33. The standard InChI is InChI=1S/C19H18N.C2H6.Pt/c1-18-10-15-13-7-6-12(17-5-3-4-8-20-17)9-14(13)16(11-18)19(15,18)2;1-2;/h3-5,7-9,15-16H,10-11H2,1-2H3;1-2H3;/q-1;;. The second-order valence-corrected chi connectivity index (χ2v) is 7.33. The van der Waals surface area contributed by atoms with Crippen molar-refractivity contribution < 1.29 is 21.1 Å². The number of rotatable bonds is 1. The molecule has 0 aliphatic heterocycles. The van der Waals surface area contributed by atoms with Crippen LogP contribution in [0.5, 0.6) is 0 Å². The minimum Gasteiger partial charge on any atom is -0.305 e. The van der Waals surface area contributed by atoms with E-state index >= 15 is 0 Å². The van der Waals surface area contributed by atoms with E-state index in [1.54, 1.807) is 11.1 Å². The topological polar surface area (TPSA) is 12.9 Å².